The molecule has 0 unspecified atom stereocenters. The Morgan fingerprint density at radius 2 is 2.14 bits per heavy atom. The van der Waals surface area contributed by atoms with Crippen LogP contribution in [-0.2, 0) is 13.0 Å². The van der Waals surface area contributed by atoms with E-state index in [0.717, 1.165) is 25.2 Å². The minimum Gasteiger partial charge on any atom is -0.335 e. The summed E-state index contributed by atoms with van der Waals surface area (Å²) >= 11 is 0. The fourth-order valence-corrected chi connectivity index (χ4v) is 3.24. The van der Waals surface area contributed by atoms with Gasteiger partial charge in [0.05, 0.1) is 0 Å². The van der Waals surface area contributed by atoms with Crippen molar-refractivity contribution in [2.45, 2.75) is 58.0 Å². The quantitative estimate of drug-likeness (QED) is 0.877. The van der Waals surface area contributed by atoms with Crippen molar-refractivity contribution in [1.82, 2.24) is 35.1 Å². The summed E-state index contributed by atoms with van der Waals surface area (Å²) in [5.41, 5.74) is 0. The first kappa shape index (κ1) is 15.1. The van der Waals surface area contributed by atoms with Crippen LogP contribution in [-0.4, -0.2) is 54.2 Å². The smallest absolute Gasteiger partial charge is 0.174 e. The van der Waals surface area contributed by atoms with Gasteiger partial charge in [-0.25, -0.2) is 4.98 Å². The molecule has 0 aliphatic carbocycles. The van der Waals surface area contributed by atoms with Gasteiger partial charge >= 0.3 is 0 Å². The molecule has 120 valence electrons. The van der Waals surface area contributed by atoms with Crippen LogP contribution in [0.2, 0.25) is 0 Å². The number of hydrogen-bond donors (Lipinski definition) is 1. The van der Waals surface area contributed by atoms with E-state index in [0.29, 0.717) is 12.0 Å². The molecule has 0 amide bonds. The molecule has 0 spiro atoms. The monoisotopic (exact) mass is 303 g/mol. The molecule has 2 aromatic heterocycles. The van der Waals surface area contributed by atoms with Gasteiger partial charge in [0, 0.05) is 37.3 Å². The number of H-pyrrole nitrogens is 1. The second-order valence-electron chi connectivity index (χ2n) is 6.31. The van der Waals surface area contributed by atoms with Gasteiger partial charge < -0.3 is 9.47 Å². The number of likely N-dealkylation sites (tertiary alicyclic amines) is 1. The number of piperidine rings is 1. The molecule has 0 aromatic carbocycles. The van der Waals surface area contributed by atoms with Gasteiger partial charge in [-0.1, -0.05) is 5.21 Å². The van der Waals surface area contributed by atoms with E-state index in [9.17, 15) is 0 Å². The van der Waals surface area contributed by atoms with Gasteiger partial charge in [-0.2, -0.15) is 5.21 Å². The van der Waals surface area contributed by atoms with E-state index >= 15 is 0 Å². The van der Waals surface area contributed by atoms with Crippen LogP contribution < -0.4 is 0 Å². The molecule has 0 saturated carbocycles. The van der Waals surface area contributed by atoms with Crippen molar-refractivity contribution in [1.29, 1.82) is 0 Å². The zero-order chi connectivity index (χ0) is 15.4. The lowest BCUT2D eigenvalue weighted by Gasteiger charge is -2.34. The summed E-state index contributed by atoms with van der Waals surface area (Å²) < 4.78 is 2.30. The molecule has 0 atom stereocenters. The van der Waals surface area contributed by atoms with Gasteiger partial charge in [-0.05, 0) is 46.2 Å². The molecule has 1 fully saturated rings. The Kier molecular flexibility index (Phi) is 4.82. The zero-order valence-corrected chi connectivity index (χ0v) is 13.4. The van der Waals surface area contributed by atoms with Crippen LogP contribution >= 0.6 is 0 Å². The number of nitrogens with one attached hydrogen (secondary N) is 1. The van der Waals surface area contributed by atoms with Gasteiger partial charge in [-0.3, -0.25) is 0 Å². The van der Waals surface area contributed by atoms with Crippen molar-refractivity contribution < 1.29 is 0 Å². The number of aromatic amines is 1. The van der Waals surface area contributed by atoms with E-state index < -0.39 is 0 Å². The summed E-state index contributed by atoms with van der Waals surface area (Å²) in [6, 6.07) is 0.649. The highest BCUT2D eigenvalue weighted by atomic mass is 15.5. The highest BCUT2D eigenvalue weighted by molar-refractivity contribution is 5.03. The molecular weight excluding hydrogens is 278 g/mol. The van der Waals surface area contributed by atoms with Crippen molar-refractivity contribution in [2.24, 2.45) is 0 Å². The Morgan fingerprint density at radius 1 is 1.32 bits per heavy atom. The van der Waals surface area contributed by atoms with E-state index in [-0.39, 0.29) is 0 Å². The van der Waals surface area contributed by atoms with Crippen LogP contribution in [0.3, 0.4) is 0 Å². The van der Waals surface area contributed by atoms with E-state index in [2.05, 4.69) is 55.1 Å². The molecule has 3 heterocycles. The molecule has 7 nitrogen and oxygen atoms in total. The fourth-order valence-electron chi connectivity index (χ4n) is 3.24. The second-order valence-corrected chi connectivity index (χ2v) is 6.31. The van der Waals surface area contributed by atoms with E-state index in [1.807, 2.05) is 6.20 Å². The van der Waals surface area contributed by atoms with Crippen molar-refractivity contribution in [2.75, 3.05) is 13.1 Å². The third-order valence-electron chi connectivity index (χ3n) is 4.56. The van der Waals surface area contributed by atoms with E-state index in [4.69, 9.17) is 0 Å². The molecule has 2 aromatic rings. The van der Waals surface area contributed by atoms with Gasteiger partial charge in [0.2, 0.25) is 0 Å². The largest absolute Gasteiger partial charge is 0.335 e. The Labute approximate surface area is 131 Å². The number of nitrogens with zero attached hydrogens (tertiary/aromatic N) is 6. The normalized spacial score (nSPS) is 17.4. The highest BCUT2D eigenvalue weighted by Gasteiger charge is 2.24. The molecule has 0 bridgehead atoms. The standard InChI is InChI=1S/C15H25N7/c1-12(2)21-9-5-13(6-10-21)15-16-7-11-22(15)8-3-4-14-17-19-20-18-14/h7,11-13H,3-6,8-10H2,1-2H3,(H,17,18,19,20). The van der Waals surface area contributed by atoms with Gasteiger partial charge in [0.25, 0.3) is 0 Å². The second kappa shape index (κ2) is 7.00. The first-order valence-electron chi connectivity index (χ1n) is 8.21. The van der Waals surface area contributed by atoms with Crippen molar-refractivity contribution in [3.63, 3.8) is 0 Å². The molecule has 1 saturated heterocycles. The number of tetrazole rings is 1. The molecule has 7 heteroatoms. The number of rotatable bonds is 6. The summed E-state index contributed by atoms with van der Waals surface area (Å²) in [7, 11) is 0. The Morgan fingerprint density at radius 3 is 2.82 bits per heavy atom. The lowest BCUT2D eigenvalue weighted by atomic mass is 9.95. The summed E-state index contributed by atoms with van der Waals surface area (Å²) in [5.74, 6) is 2.62. The molecule has 1 aliphatic heterocycles. The van der Waals surface area contributed by atoms with Gasteiger partial charge in [-0.15, -0.1) is 10.2 Å². The fraction of sp³-hybridized carbons (Fsp3) is 0.733. The Hall–Kier alpha value is -1.76. The molecule has 0 radical (unpaired) electrons. The lowest BCUT2D eigenvalue weighted by Crippen LogP contribution is -2.38. The van der Waals surface area contributed by atoms with E-state index in [1.54, 1.807) is 0 Å². The topological polar surface area (TPSA) is 75.5 Å². The third-order valence-corrected chi connectivity index (χ3v) is 4.56. The van der Waals surface area contributed by atoms with Gasteiger partial charge in [0.1, 0.15) is 5.82 Å². The van der Waals surface area contributed by atoms with Crippen LogP contribution in [0.15, 0.2) is 12.4 Å². The lowest BCUT2D eigenvalue weighted by molar-refractivity contribution is 0.168. The van der Waals surface area contributed by atoms with Gasteiger partial charge in [0.15, 0.2) is 5.82 Å². The molecule has 1 N–H and O–H groups in total. The number of aromatic nitrogens is 6. The maximum Gasteiger partial charge on any atom is 0.174 e. The third kappa shape index (κ3) is 3.52. The minimum atomic E-state index is 0.593. The Balaban J connectivity index is 1.53. The Bertz CT molecular complexity index is 552. The molecule has 22 heavy (non-hydrogen) atoms. The number of hydrogen-bond acceptors (Lipinski definition) is 5. The molecular formula is C15H25N7. The first-order valence-corrected chi connectivity index (χ1v) is 8.21. The molecule has 1 aliphatic rings. The SMILES string of the molecule is CC(C)N1CCC(c2nccn2CCCc2nn[nH]n2)CC1. The highest BCUT2D eigenvalue weighted by Crippen LogP contribution is 2.27. The summed E-state index contributed by atoms with van der Waals surface area (Å²) in [4.78, 5) is 7.18. The van der Waals surface area contributed by atoms with Crippen LogP contribution in [0, 0.1) is 0 Å². The zero-order valence-electron chi connectivity index (χ0n) is 13.4. The average molecular weight is 303 g/mol. The predicted molar refractivity (Wildman–Crippen MR) is 83.4 cm³/mol. The minimum absolute atomic E-state index is 0.593. The molecule has 3 rings (SSSR count). The maximum atomic E-state index is 4.62. The maximum absolute atomic E-state index is 4.62. The van der Waals surface area contributed by atoms with Crippen molar-refractivity contribution >= 4 is 0 Å². The van der Waals surface area contributed by atoms with Crippen LogP contribution in [0.5, 0.6) is 0 Å². The summed E-state index contributed by atoms with van der Waals surface area (Å²) in [6.07, 6.45) is 8.30. The first-order chi connectivity index (χ1) is 10.7. The summed E-state index contributed by atoms with van der Waals surface area (Å²) in [6.45, 7) is 7.88. The number of imidazole rings is 1. The van der Waals surface area contributed by atoms with Crippen LogP contribution in [0.1, 0.15) is 50.7 Å². The van der Waals surface area contributed by atoms with Crippen LogP contribution in [0.4, 0.5) is 0 Å². The van der Waals surface area contributed by atoms with E-state index in [1.165, 1.54) is 31.8 Å². The number of aryl methyl sites for hydroxylation is 2. The summed E-state index contributed by atoms with van der Waals surface area (Å²) in [5, 5.41) is 14.1. The average Bonchev–Trinajstić information content (AvgIpc) is 3.19. The van der Waals surface area contributed by atoms with Crippen molar-refractivity contribution in [3.05, 3.63) is 24.0 Å². The van der Waals surface area contributed by atoms with Crippen molar-refractivity contribution in [3.8, 4) is 0 Å². The van der Waals surface area contributed by atoms with Crippen LogP contribution in [0.25, 0.3) is 0 Å². The predicted octanol–water partition coefficient (Wildman–Crippen LogP) is 1.62.